The molecule has 0 spiro atoms. The van der Waals surface area contributed by atoms with Gasteiger partial charge >= 0.3 is 0 Å². The molecule has 22 heavy (non-hydrogen) atoms. The molecule has 0 bridgehead atoms. The number of nitrogens with zero attached hydrogens (tertiary/aromatic N) is 3. The van der Waals surface area contributed by atoms with Gasteiger partial charge in [0.25, 0.3) is 0 Å². The highest BCUT2D eigenvalue weighted by Crippen LogP contribution is 2.23. The first-order chi connectivity index (χ1) is 10.6. The van der Waals surface area contributed by atoms with Gasteiger partial charge in [-0.05, 0) is 26.7 Å². The first kappa shape index (κ1) is 15.5. The van der Waals surface area contributed by atoms with Crippen LogP contribution < -0.4 is 0 Å². The van der Waals surface area contributed by atoms with Crippen molar-refractivity contribution >= 4 is 5.91 Å². The molecule has 0 unspecified atom stereocenters. The summed E-state index contributed by atoms with van der Waals surface area (Å²) in [6, 6.07) is 1.97. The van der Waals surface area contributed by atoms with Gasteiger partial charge in [0, 0.05) is 45.4 Å². The molecule has 2 aliphatic rings. The van der Waals surface area contributed by atoms with E-state index in [1.165, 1.54) is 0 Å². The monoisotopic (exact) mass is 307 g/mol. The van der Waals surface area contributed by atoms with Crippen LogP contribution in [0, 0.1) is 12.8 Å². The normalized spacial score (nSPS) is 27.1. The minimum Gasteiger partial charge on any atom is -0.378 e. The van der Waals surface area contributed by atoms with E-state index < -0.39 is 0 Å². The third-order valence-corrected chi connectivity index (χ3v) is 4.67. The zero-order valence-corrected chi connectivity index (χ0v) is 13.5. The van der Waals surface area contributed by atoms with Crippen molar-refractivity contribution in [2.24, 2.45) is 5.92 Å². The second-order valence-corrected chi connectivity index (χ2v) is 6.35. The number of carbonyl (C=O) groups excluding carboxylic acids is 1. The zero-order chi connectivity index (χ0) is 15.5. The van der Waals surface area contributed by atoms with Gasteiger partial charge in [0.1, 0.15) is 5.76 Å². The summed E-state index contributed by atoms with van der Waals surface area (Å²) < 4.78 is 10.7. The molecule has 6 heteroatoms. The molecule has 0 saturated carbocycles. The fourth-order valence-corrected chi connectivity index (χ4v) is 3.33. The van der Waals surface area contributed by atoms with Crippen molar-refractivity contribution < 1.29 is 14.1 Å². The molecular formula is C16H25N3O3. The van der Waals surface area contributed by atoms with E-state index in [9.17, 15) is 4.79 Å². The Kier molecular flexibility index (Phi) is 4.78. The maximum Gasteiger partial charge on any atom is 0.228 e. The number of aryl methyl sites for hydroxylation is 1. The van der Waals surface area contributed by atoms with Crippen LogP contribution in [0.2, 0.25) is 0 Å². The molecule has 3 rings (SSSR count). The molecule has 0 radical (unpaired) electrons. The van der Waals surface area contributed by atoms with Crippen molar-refractivity contribution in [2.75, 3.05) is 32.8 Å². The predicted octanol–water partition coefficient (Wildman–Crippen LogP) is 1.44. The van der Waals surface area contributed by atoms with Gasteiger partial charge in [-0.3, -0.25) is 9.69 Å². The molecule has 0 aromatic carbocycles. The molecular weight excluding hydrogens is 282 g/mol. The van der Waals surface area contributed by atoms with E-state index in [0.717, 1.165) is 63.6 Å². The summed E-state index contributed by atoms with van der Waals surface area (Å²) in [5.41, 5.74) is 0.964. The van der Waals surface area contributed by atoms with Crippen LogP contribution in [-0.4, -0.2) is 59.8 Å². The van der Waals surface area contributed by atoms with Crippen LogP contribution in [0.15, 0.2) is 10.6 Å². The minimum atomic E-state index is 0.0403. The molecule has 1 amide bonds. The van der Waals surface area contributed by atoms with E-state index in [-0.39, 0.29) is 17.9 Å². The van der Waals surface area contributed by atoms with E-state index in [1.807, 2.05) is 24.8 Å². The van der Waals surface area contributed by atoms with Gasteiger partial charge in [-0.2, -0.15) is 0 Å². The minimum absolute atomic E-state index is 0.0403. The summed E-state index contributed by atoms with van der Waals surface area (Å²) in [4.78, 5) is 17.0. The third kappa shape index (κ3) is 3.50. The number of aromatic nitrogens is 1. The fraction of sp³-hybridized carbons (Fsp3) is 0.750. The molecule has 2 fully saturated rings. The van der Waals surface area contributed by atoms with Crippen LogP contribution in [0.1, 0.15) is 31.2 Å². The van der Waals surface area contributed by atoms with Gasteiger partial charge in [0.2, 0.25) is 5.91 Å². The highest BCUT2D eigenvalue weighted by Gasteiger charge is 2.33. The maximum atomic E-state index is 12.6. The van der Waals surface area contributed by atoms with E-state index in [4.69, 9.17) is 9.26 Å². The topological polar surface area (TPSA) is 58.8 Å². The lowest BCUT2D eigenvalue weighted by Crippen LogP contribution is -2.52. The molecule has 6 nitrogen and oxygen atoms in total. The van der Waals surface area contributed by atoms with Gasteiger partial charge in [0.05, 0.1) is 17.7 Å². The van der Waals surface area contributed by atoms with Gasteiger partial charge in [-0.25, -0.2) is 0 Å². The Morgan fingerprint density at radius 1 is 1.36 bits per heavy atom. The largest absolute Gasteiger partial charge is 0.378 e. The van der Waals surface area contributed by atoms with Crippen LogP contribution in [0.3, 0.4) is 0 Å². The number of carbonyl (C=O) groups is 1. The maximum absolute atomic E-state index is 12.6. The Hall–Kier alpha value is -1.40. The number of hydrogen-bond acceptors (Lipinski definition) is 5. The lowest BCUT2D eigenvalue weighted by Gasteiger charge is -2.38. The fourth-order valence-electron chi connectivity index (χ4n) is 3.33. The second kappa shape index (κ2) is 6.79. The molecule has 122 valence electrons. The number of ether oxygens (including phenoxy) is 1. The van der Waals surface area contributed by atoms with E-state index >= 15 is 0 Å². The van der Waals surface area contributed by atoms with Crippen LogP contribution in [-0.2, 0) is 16.1 Å². The molecule has 3 heterocycles. The summed E-state index contributed by atoms with van der Waals surface area (Å²) >= 11 is 0. The predicted molar refractivity (Wildman–Crippen MR) is 81.2 cm³/mol. The smallest absolute Gasteiger partial charge is 0.228 e. The van der Waals surface area contributed by atoms with Crippen molar-refractivity contribution in [1.82, 2.24) is 15.0 Å². The van der Waals surface area contributed by atoms with Crippen LogP contribution in [0.5, 0.6) is 0 Å². The summed E-state index contributed by atoms with van der Waals surface area (Å²) in [7, 11) is 0. The quantitative estimate of drug-likeness (QED) is 0.846. The van der Waals surface area contributed by atoms with Gasteiger partial charge in [-0.1, -0.05) is 5.16 Å². The molecule has 1 aromatic heterocycles. The van der Waals surface area contributed by atoms with Gasteiger partial charge in [0.15, 0.2) is 0 Å². The van der Waals surface area contributed by atoms with E-state index in [1.54, 1.807) is 0 Å². The SMILES string of the molecule is Cc1cc(CN2CCN(C(=O)[C@H]3CCCO[C@H]3C)CC2)no1. The molecule has 1 aromatic rings. The molecule has 2 atom stereocenters. The molecule has 0 N–H and O–H groups in total. The lowest BCUT2D eigenvalue weighted by molar-refractivity contribution is -0.145. The van der Waals surface area contributed by atoms with Crippen molar-refractivity contribution in [1.29, 1.82) is 0 Å². The summed E-state index contributed by atoms with van der Waals surface area (Å²) in [5.74, 6) is 1.15. The van der Waals surface area contributed by atoms with E-state index in [2.05, 4.69) is 10.1 Å². The third-order valence-electron chi connectivity index (χ3n) is 4.67. The molecule has 2 aliphatic heterocycles. The first-order valence-corrected chi connectivity index (χ1v) is 8.18. The first-order valence-electron chi connectivity index (χ1n) is 8.18. The van der Waals surface area contributed by atoms with Crippen molar-refractivity contribution in [3.8, 4) is 0 Å². The van der Waals surface area contributed by atoms with Crippen molar-refractivity contribution in [3.63, 3.8) is 0 Å². The second-order valence-electron chi connectivity index (χ2n) is 6.35. The summed E-state index contributed by atoms with van der Waals surface area (Å²) in [6.45, 7) is 8.86. The van der Waals surface area contributed by atoms with Crippen molar-refractivity contribution in [2.45, 2.75) is 39.3 Å². The average Bonchev–Trinajstić information content (AvgIpc) is 2.93. The number of rotatable bonds is 3. The van der Waals surface area contributed by atoms with Gasteiger partial charge in [-0.15, -0.1) is 0 Å². The Morgan fingerprint density at radius 3 is 2.77 bits per heavy atom. The Morgan fingerprint density at radius 2 is 2.14 bits per heavy atom. The number of piperazine rings is 1. The highest BCUT2D eigenvalue weighted by atomic mass is 16.5. The van der Waals surface area contributed by atoms with E-state index in [0.29, 0.717) is 0 Å². The molecule has 2 saturated heterocycles. The lowest BCUT2D eigenvalue weighted by atomic mass is 9.93. The number of hydrogen-bond donors (Lipinski definition) is 0. The van der Waals surface area contributed by atoms with Crippen LogP contribution >= 0.6 is 0 Å². The Balaban J connectivity index is 1.49. The van der Waals surface area contributed by atoms with Crippen LogP contribution in [0.25, 0.3) is 0 Å². The zero-order valence-electron chi connectivity index (χ0n) is 13.5. The highest BCUT2D eigenvalue weighted by molar-refractivity contribution is 5.79. The standard InChI is InChI=1S/C16H25N3O3/c1-12-10-14(17-22-12)11-18-5-7-19(8-6-18)16(20)15-4-3-9-21-13(15)2/h10,13,15H,3-9,11H2,1-2H3/t13-,15-/m0/s1. The van der Waals surface area contributed by atoms with Crippen LogP contribution in [0.4, 0.5) is 0 Å². The van der Waals surface area contributed by atoms with Crippen molar-refractivity contribution in [3.05, 3.63) is 17.5 Å². The Bertz CT molecular complexity index is 508. The molecule has 0 aliphatic carbocycles. The average molecular weight is 307 g/mol. The summed E-state index contributed by atoms with van der Waals surface area (Å²) in [5, 5.41) is 4.03. The summed E-state index contributed by atoms with van der Waals surface area (Å²) in [6.07, 6.45) is 2.00. The number of amides is 1. The van der Waals surface area contributed by atoms with Gasteiger partial charge < -0.3 is 14.2 Å². The Labute approximate surface area is 131 Å².